The van der Waals surface area contributed by atoms with Gasteiger partial charge in [0.1, 0.15) is 6.10 Å². The fourth-order valence-corrected chi connectivity index (χ4v) is 5.14. The lowest BCUT2D eigenvalue weighted by molar-refractivity contribution is -0.168. The van der Waals surface area contributed by atoms with E-state index in [2.05, 4.69) is 19.1 Å². The van der Waals surface area contributed by atoms with Crippen LogP contribution in [0.3, 0.4) is 0 Å². The van der Waals surface area contributed by atoms with Crippen molar-refractivity contribution < 1.29 is 29.2 Å². The van der Waals surface area contributed by atoms with Crippen molar-refractivity contribution in [1.82, 2.24) is 0 Å². The van der Waals surface area contributed by atoms with Crippen LogP contribution in [0.2, 0.25) is 0 Å². The molecule has 30 heavy (non-hydrogen) atoms. The molecule has 6 nitrogen and oxygen atoms in total. The molecule has 0 aromatic heterocycles. The third kappa shape index (κ3) is 5.52. The van der Waals surface area contributed by atoms with Gasteiger partial charge < -0.3 is 24.4 Å². The third-order valence-corrected chi connectivity index (χ3v) is 6.85. The molecule has 7 atom stereocenters. The van der Waals surface area contributed by atoms with Crippen molar-refractivity contribution in [2.75, 3.05) is 20.3 Å². The van der Waals surface area contributed by atoms with Gasteiger partial charge in [0.05, 0.1) is 30.3 Å². The topological polar surface area (TPSA) is 85.2 Å². The van der Waals surface area contributed by atoms with E-state index >= 15 is 0 Å². The van der Waals surface area contributed by atoms with Gasteiger partial charge >= 0.3 is 5.97 Å². The Hall–Kier alpha value is -1.21. The van der Waals surface area contributed by atoms with Crippen molar-refractivity contribution in [3.63, 3.8) is 0 Å². The maximum Gasteiger partial charge on any atom is 0.314 e. The minimum atomic E-state index is -0.737. The summed E-state index contributed by atoms with van der Waals surface area (Å²) in [5.74, 6) is 0.399. The predicted molar refractivity (Wildman–Crippen MR) is 114 cm³/mol. The molecule has 0 bridgehead atoms. The summed E-state index contributed by atoms with van der Waals surface area (Å²) >= 11 is 0. The lowest BCUT2D eigenvalue weighted by atomic mass is 9.66. The Morgan fingerprint density at radius 1 is 1.27 bits per heavy atom. The van der Waals surface area contributed by atoms with Crippen molar-refractivity contribution >= 4 is 5.97 Å². The first-order valence-electron chi connectivity index (χ1n) is 11.3. The first-order chi connectivity index (χ1) is 14.2. The molecule has 170 valence electrons. The Balaban J connectivity index is 1.74. The van der Waals surface area contributed by atoms with Gasteiger partial charge in [0, 0.05) is 26.1 Å². The number of carbonyl (C=O) groups is 1. The summed E-state index contributed by atoms with van der Waals surface area (Å²) in [6.45, 7) is 6.74. The third-order valence-electron chi connectivity index (χ3n) is 6.85. The van der Waals surface area contributed by atoms with E-state index in [1.54, 1.807) is 7.11 Å². The van der Waals surface area contributed by atoms with Crippen molar-refractivity contribution in [1.29, 1.82) is 0 Å². The maximum absolute atomic E-state index is 12.9. The van der Waals surface area contributed by atoms with Gasteiger partial charge in [-0.2, -0.15) is 0 Å². The number of aliphatic hydroxyl groups excluding tert-OH is 2. The van der Waals surface area contributed by atoms with Crippen LogP contribution in [0.1, 0.15) is 52.9 Å². The van der Waals surface area contributed by atoms with Crippen LogP contribution in [-0.2, 0) is 19.0 Å². The highest BCUT2D eigenvalue weighted by Crippen LogP contribution is 2.44. The molecule has 0 unspecified atom stereocenters. The standard InChI is InChI=1S/C24H38O6/c1-15-5-6-16-11-18(26)13-21(30-23(27)24(2,3)14-28-4)22(16)20(15)8-7-19-12-17(25)9-10-29-19/h5-6,11,15,17-22,25-26H,7-10,12-14H2,1-4H3/t15-,17+,18+,19+,20-,21-,22-/m0/s1. The molecular weight excluding hydrogens is 384 g/mol. The molecule has 2 aliphatic carbocycles. The summed E-state index contributed by atoms with van der Waals surface area (Å²) < 4.78 is 17.1. The van der Waals surface area contributed by atoms with E-state index in [1.165, 1.54) is 0 Å². The number of allylic oxidation sites excluding steroid dienone is 2. The molecule has 0 radical (unpaired) electrons. The number of carbonyl (C=O) groups excluding carboxylic acids is 1. The van der Waals surface area contributed by atoms with Crippen LogP contribution < -0.4 is 0 Å². The highest BCUT2D eigenvalue weighted by molar-refractivity contribution is 5.76. The van der Waals surface area contributed by atoms with Gasteiger partial charge in [0.2, 0.25) is 0 Å². The van der Waals surface area contributed by atoms with Crippen molar-refractivity contribution in [2.45, 2.75) is 77.3 Å². The molecule has 0 aromatic rings. The molecule has 0 saturated carbocycles. The average Bonchev–Trinajstić information content (AvgIpc) is 2.67. The van der Waals surface area contributed by atoms with Gasteiger partial charge in [-0.1, -0.05) is 25.2 Å². The molecule has 3 aliphatic rings. The van der Waals surface area contributed by atoms with E-state index in [4.69, 9.17) is 14.2 Å². The molecule has 1 saturated heterocycles. The van der Waals surface area contributed by atoms with E-state index < -0.39 is 11.5 Å². The van der Waals surface area contributed by atoms with E-state index in [0.29, 0.717) is 37.7 Å². The largest absolute Gasteiger partial charge is 0.461 e. The monoisotopic (exact) mass is 422 g/mol. The van der Waals surface area contributed by atoms with Crippen LogP contribution in [0, 0.1) is 23.2 Å². The van der Waals surface area contributed by atoms with Gasteiger partial charge in [-0.3, -0.25) is 4.79 Å². The molecule has 0 spiro atoms. The number of rotatable bonds is 7. The summed E-state index contributed by atoms with van der Waals surface area (Å²) in [7, 11) is 1.58. The lowest BCUT2D eigenvalue weighted by Gasteiger charge is -2.43. The summed E-state index contributed by atoms with van der Waals surface area (Å²) in [6.07, 6.45) is 8.62. The fraction of sp³-hybridized carbons (Fsp3) is 0.792. The maximum atomic E-state index is 12.9. The number of aliphatic hydroxyl groups is 2. The molecule has 6 heteroatoms. The van der Waals surface area contributed by atoms with Crippen LogP contribution >= 0.6 is 0 Å². The van der Waals surface area contributed by atoms with E-state index in [0.717, 1.165) is 18.4 Å². The summed E-state index contributed by atoms with van der Waals surface area (Å²) in [4.78, 5) is 12.9. The quantitative estimate of drug-likeness (QED) is 0.614. The Kier molecular flexibility index (Phi) is 7.77. The van der Waals surface area contributed by atoms with Gasteiger partial charge in [-0.05, 0) is 56.9 Å². The minimum absolute atomic E-state index is 0.0595. The molecule has 1 aliphatic heterocycles. The highest BCUT2D eigenvalue weighted by Gasteiger charge is 2.43. The van der Waals surface area contributed by atoms with Crippen molar-refractivity contribution in [3.05, 3.63) is 23.8 Å². The highest BCUT2D eigenvalue weighted by atomic mass is 16.5. The predicted octanol–water partition coefficient (Wildman–Crippen LogP) is 3.02. The molecule has 0 amide bonds. The lowest BCUT2D eigenvalue weighted by Crippen LogP contribution is -2.45. The number of methoxy groups -OCH3 is 1. The normalized spacial score (nSPS) is 36.7. The van der Waals surface area contributed by atoms with Crippen LogP contribution in [0.15, 0.2) is 23.8 Å². The Bertz CT molecular complexity index is 654. The zero-order chi connectivity index (χ0) is 21.9. The zero-order valence-electron chi connectivity index (χ0n) is 18.8. The fourth-order valence-electron chi connectivity index (χ4n) is 5.14. The zero-order valence-corrected chi connectivity index (χ0v) is 18.8. The first kappa shape index (κ1) is 23.5. The first-order valence-corrected chi connectivity index (χ1v) is 11.3. The molecule has 2 N–H and O–H groups in total. The number of esters is 1. The van der Waals surface area contributed by atoms with Gasteiger partial charge in [0.15, 0.2) is 0 Å². The van der Waals surface area contributed by atoms with Crippen LogP contribution in [0.25, 0.3) is 0 Å². The number of hydrogen-bond acceptors (Lipinski definition) is 6. The van der Waals surface area contributed by atoms with E-state index in [-0.39, 0.29) is 36.8 Å². The summed E-state index contributed by atoms with van der Waals surface area (Å²) in [5, 5.41) is 20.3. The summed E-state index contributed by atoms with van der Waals surface area (Å²) in [5.41, 5.74) is 0.322. The second kappa shape index (κ2) is 9.94. The molecular formula is C24H38O6. The van der Waals surface area contributed by atoms with E-state index in [1.807, 2.05) is 19.9 Å². The van der Waals surface area contributed by atoms with Crippen molar-refractivity contribution in [3.8, 4) is 0 Å². The Morgan fingerprint density at radius 3 is 2.73 bits per heavy atom. The smallest absolute Gasteiger partial charge is 0.314 e. The average molecular weight is 423 g/mol. The Labute approximate surface area is 180 Å². The van der Waals surface area contributed by atoms with Gasteiger partial charge in [-0.15, -0.1) is 0 Å². The van der Waals surface area contributed by atoms with Gasteiger partial charge in [0.25, 0.3) is 0 Å². The van der Waals surface area contributed by atoms with Crippen LogP contribution in [-0.4, -0.2) is 60.9 Å². The van der Waals surface area contributed by atoms with Crippen molar-refractivity contribution in [2.24, 2.45) is 23.2 Å². The molecule has 3 rings (SSSR count). The molecule has 1 fully saturated rings. The van der Waals surface area contributed by atoms with Crippen LogP contribution in [0.4, 0.5) is 0 Å². The van der Waals surface area contributed by atoms with Crippen LogP contribution in [0.5, 0.6) is 0 Å². The minimum Gasteiger partial charge on any atom is -0.461 e. The van der Waals surface area contributed by atoms with Gasteiger partial charge in [-0.25, -0.2) is 0 Å². The number of ether oxygens (including phenoxy) is 3. The number of fused-ring (bicyclic) bond motifs is 1. The molecule has 0 aromatic carbocycles. The Morgan fingerprint density at radius 2 is 2.03 bits per heavy atom. The number of hydrogen-bond donors (Lipinski definition) is 2. The van der Waals surface area contributed by atoms with E-state index in [9.17, 15) is 15.0 Å². The second-order valence-corrected chi connectivity index (χ2v) is 9.89. The molecule has 1 heterocycles. The SMILES string of the molecule is COCC(C)(C)C(=O)O[C@H]1C[C@H](O)C=C2C=C[C@H](C)[C@H](CC[C@@H]3C[C@H](O)CCO3)[C@H]21. The summed E-state index contributed by atoms with van der Waals surface area (Å²) in [6, 6.07) is 0. The second-order valence-electron chi connectivity index (χ2n) is 9.89.